The van der Waals surface area contributed by atoms with Gasteiger partial charge in [0.1, 0.15) is 0 Å². The highest BCUT2D eigenvalue weighted by Crippen LogP contribution is 2.37. The van der Waals surface area contributed by atoms with Crippen LogP contribution in [0.2, 0.25) is 0 Å². The molecular formula is C13H19NO4. The van der Waals surface area contributed by atoms with E-state index in [-0.39, 0.29) is 12.6 Å². The van der Waals surface area contributed by atoms with Crippen LogP contribution in [0.25, 0.3) is 0 Å². The Kier molecular flexibility index (Phi) is 4.23. The van der Waals surface area contributed by atoms with E-state index in [4.69, 9.17) is 21.0 Å². The van der Waals surface area contributed by atoms with Gasteiger partial charge in [-0.25, -0.2) is 0 Å². The van der Waals surface area contributed by atoms with Crippen LogP contribution >= 0.6 is 0 Å². The summed E-state index contributed by atoms with van der Waals surface area (Å²) in [6, 6.07) is 0.218. The summed E-state index contributed by atoms with van der Waals surface area (Å²) in [5.74, 6) is 1.30. The summed E-state index contributed by atoms with van der Waals surface area (Å²) in [7, 11) is 0. The summed E-state index contributed by atoms with van der Waals surface area (Å²) in [5.41, 5.74) is 0. The van der Waals surface area contributed by atoms with Gasteiger partial charge < -0.3 is 14.6 Å². The first kappa shape index (κ1) is 13.3. The fraction of sp³-hybridized carbons (Fsp3) is 0.769. The normalized spacial score (nSPS) is 23.3. The van der Waals surface area contributed by atoms with Crippen LogP contribution < -0.4 is 0 Å². The zero-order valence-electron chi connectivity index (χ0n) is 10.4. The third-order valence-electron chi connectivity index (χ3n) is 3.68. The molecule has 0 unspecified atom stereocenters. The van der Waals surface area contributed by atoms with Gasteiger partial charge in [0.2, 0.25) is 0 Å². The lowest BCUT2D eigenvalue weighted by Gasteiger charge is -2.39. The molecule has 2 rings (SSSR count). The van der Waals surface area contributed by atoms with Crippen LogP contribution in [0.5, 0.6) is 0 Å². The largest absolute Gasteiger partial charge is 0.480 e. The fourth-order valence-electron chi connectivity index (χ4n) is 2.80. The van der Waals surface area contributed by atoms with Gasteiger partial charge in [0.15, 0.2) is 5.79 Å². The quantitative estimate of drug-likeness (QED) is 0.747. The highest BCUT2D eigenvalue weighted by molar-refractivity contribution is 5.69. The molecule has 0 amide bonds. The van der Waals surface area contributed by atoms with E-state index in [9.17, 15) is 4.79 Å². The first-order chi connectivity index (χ1) is 8.65. The van der Waals surface area contributed by atoms with Gasteiger partial charge in [-0.15, -0.1) is 6.42 Å². The van der Waals surface area contributed by atoms with Crippen molar-refractivity contribution in [3.63, 3.8) is 0 Å². The fourth-order valence-corrected chi connectivity index (χ4v) is 2.80. The smallest absolute Gasteiger partial charge is 0.317 e. The van der Waals surface area contributed by atoms with Gasteiger partial charge >= 0.3 is 5.97 Å². The molecule has 18 heavy (non-hydrogen) atoms. The molecule has 1 aliphatic heterocycles. The number of carbonyl (C=O) groups is 1. The van der Waals surface area contributed by atoms with E-state index < -0.39 is 11.8 Å². The van der Waals surface area contributed by atoms with E-state index in [1.807, 2.05) is 4.90 Å². The first-order valence-corrected chi connectivity index (χ1v) is 6.32. The maximum Gasteiger partial charge on any atom is 0.317 e. The Morgan fingerprint density at radius 3 is 2.50 bits per heavy atom. The number of terminal acetylenes is 1. The van der Waals surface area contributed by atoms with E-state index in [0.717, 1.165) is 25.7 Å². The summed E-state index contributed by atoms with van der Waals surface area (Å²) < 4.78 is 11.3. The average molecular weight is 253 g/mol. The van der Waals surface area contributed by atoms with Crippen molar-refractivity contribution in [1.29, 1.82) is 0 Å². The molecule has 2 aliphatic rings. The Morgan fingerprint density at radius 2 is 2.00 bits per heavy atom. The summed E-state index contributed by atoms with van der Waals surface area (Å²) in [6.07, 6.45) is 8.67. The lowest BCUT2D eigenvalue weighted by molar-refractivity contribution is -0.184. The predicted molar refractivity (Wildman–Crippen MR) is 64.9 cm³/mol. The Labute approximate surface area is 107 Å². The highest BCUT2D eigenvalue weighted by Gasteiger charge is 2.41. The van der Waals surface area contributed by atoms with Crippen molar-refractivity contribution in [1.82, 2.24) is 4.90 Å². The lowest BCUT2D eigenvalue weighted by atomic mass is 9.89. The molecule has 5 heteroatoms. The molecule has 0 atom stereocenters. The average Bonchev–Trinajstić information content (AvgIpc) is 2.78. The Hall–Kier alpha value is -1.09. The predicted octanol–water partition coefficient (Wildman–Crippen LogP) is 0.692. The number of ether oxygens (including phenoxy) is 2. The van der Waals surface area contributed by atoms with Crippen molar-refractivity contribution in [2.75, 3.05) is 26.3 Å². The molecule has 1 N–H and O–H groups in total. The van der Waals surface area contributed by atoms with Gasteiger partial charge in [0, 0.05) is 18.9 Å². The molecule has 1 aliphatic carbocycles. The Balaban J connectivity index is 1.90. The standard InChI is InChI=1S/C13H19NO4/c1-2-7-14(10-12(15)16)11-3-5-13(6-4-11)17-8-9-18-13/h1,11H,3-10H2,(H,15,16). The molecule has 0 aromatic heterocycles. The zero-order valence-corrected chi connectivity index (χ0v) is 10.4. The summed E-state index contributed by atoms with van der Waals surface area (Å²) in [6.45, 7) is 1.71. The third-order valence-corrected chi connectivity index (χ3v) is 3.68. The van der Waals surface area contributed by atoms with E-state index in [1.165, 1.54) is 0 Å². The van der Waals surface area contributed by atoms with Gasteiger partial charge in [-0.1, -0.05) is 5.92 Å². The maximum absolute atomic E-state index is 10.8. The van der Waals surface area contributed by atoms with Gasteiger partial charge in [0.25, 0.3) is 0 Å². The number of rotatable bonds is 4. The number of nitrogens with zero attached hydrogens (tertiary/aromatic N) is 1. The summed E-state index contributed by atoms with van der Waals surface area (Å²) in [4.78, 5) is 12.7. The van der Waals surface area contributed by atoms with Crippen LogP contribution in [0.1, 0.15) is 25.7 Å². The lowest BCUT2D eigenvalue weighted by Crippen LogP contribution is -2.46. The maximum atomic E-state index is 10.8. The molecule has 1 heterocycles. The van der Waals surface area contributed by atoms with Crippen molar-refractivity contribution in [2.24, 2.45) is 0 Å². The van der Waals surface area contributed by atoms with Crippen LogP contribution in [0.15, 0.2) is 0 Å². The van der Waals surface area contributed by atoms with Crippen molar-refractivity contribution in [2.45, 2.75) is 37.5 Å². The molecular weight excluding hydrogens is 234 g/mol. The number of carboxylic acid groups (broad SMARTS) is 1. The van der Waals surface area contributed by atoms with Crippen LogP contribution in [0.3, 0.4) is 0 Å². The molecule has 1 spiro atoms. The number of hydrogen-bond donors (Lipinski definition) is 1. The summed E-state index contributed by atoms with van der Waals surface area (Å²) >= 11 is 0. The van der Waals surface area contributed by atoms with Crippen LogP contribution in [0.4, 0.5) is 0 Å². The van der Waals surface area contributed by atoms with E-state index in [2.05, 4.69) is 5.92 Å². The van der Waals surface area contributed by atoms with Gasteiger partial charge in [-0.2, -0.15) is 0 Å². The second-order valence-electron chi connectivity index (χ2n) is 4.84. The zero-order chi connectivity index (χ0) is 13.0. The minimum Gasteiger partial charge on any atom is -0.480 e. The van der Waals surface area contributed by atoms with Crippen molar-refractivity contribution >= 4 is 5.97 Å². The highest BCUT2D eigenvalue weighted by atomic mass is 16.7. The molecule has 1 saturated heterocycles. The molecule has 0 bridgehead atoms. The number of carboxylic acids is 1. The number of aliphatic carboxylic acids is 1. The first-order valence-electron chi connectivity index (χ1n) is 6.32. The van der Waals surface area contributed by atoms with Crippen molar-refractivity contribution in [3.8, 4) is 12.3 Å². The molecule has 5 nitrogen and oxygen atoms in total. The monoisotopic (exact) mass is 253 g/mol. The van der Waals surface area contributed by atoms with E-state index >= 15 is 0 Å². The van der Waals surface area contributed by atoms with Crippen LogP contribution in [-0.4, -0.2) is 54.1 Å². The van der Waals surface area contributed by atoms with Gasteiger partial charge in [-0.05, 0) is 12.8 Å². The van der Waals surface area contributed by atoms with Crippen molar-refractivity contribution in [3.05, 3.63) is 0 Å². The van der Waals surface area contributed by atoms with Crippen LogP contribution in [0, 0.1) is 12.3 Å². The molecule has 1 saturated carbocycles. The SMILES string of the molecule is C#CCN(CC(=O)O)C1CCC2(CC1)OCCO2. The second kappa shape index (κ2) is 5.70. The third kappa shape index (κ3) is 3.02. The van der Waals surface area contributed by atoms with E-state index in [1.54, 1.807) is 0 Å². The van der Waals surface area contributed by atoms with Crippen LogP contribution in [-0.2, 0) is 14.3 Å². The molecule has 0 aromatic rings. The van der Waals surface area contributed by atoms with Crippen molar-refractivity contribution < 1.29 is 19.4 Å². The Morgan fingerprint density at radius 1 is 1.39 bits per heavy atom. The number of hydrogen-bond acceptors (Lipinski definition) is 4. The molecule has 2 fully saturated rings. The topological polar surface area (TPSA) is 59.0 Å². The Bertz CT molecular complexity index is 333. The molecule has 0 aromatic carbocycles. The summed E-state index contributed by atoms with van der Waals surface area (Å²) in [5, 5.41) is 8.89. The van der Waals surface area contributed by atoms with Gasteiger partial charge in [0.05, 0.1) is 26.3 Å². The van der Waals surface area contributed by atoms with E-state index in [0.29, 0.717) is 19.8 Å². The van der Waals surface area contributed by atoms with Gasteiger partial charge in [-0.3, -0.25) is 9.69 Å². The minimum atomic E-state index is -0.834. The minimum absolute atomic E-state index is 0.00355. The molecule has 100 valence electrons. The second-order valence-corrected chi connectivity index (χ2v) is 4.84. The molecule has 0 radical (unpaired) electrons.